The summed E-state index contributed by atoms with van der Waals surface area (Å²) < 4.78 is 6.03. The molecule has 1 heteroatoms. The summed E-state index contributed by atoms with van der Waals surface area (Å²) in [5.41, 5.74) is 1.74. The van der Waals surface area contributed by atoms with Gasteiger partial charge in [0, 0.05) is 6.42 Å². The summed E-state index contributed by atoms with van der Waals surface area (Å²) in [4.78, 5) is 0. The molecule has 0 aromatic heterocycles. The maximum absolute atomic E-state index is 6.03. The fourth-order valence-corrected chi connectivity index (χ4v) is 4.66. The van der Waals surface area contributed by atoms with Crippen molar-refractivity contribution in [3.05, 3.63) is 11.3 Å². The Bertz CT molecular complexity index is 343. The summed E-state index contributed by atoms with van der Waals surface area (Å²) in [6.07, 6.45) is 22.7. The zero-order chi connectivity index (χ0) is 17.0. The molecule has 24 heavy (non-hydrogen) atoms. The van der Waals surface area contributed by atoms with Crippen LogP contribution >= 0.6 is 0 Å². The van der Waals surface area contributed by atoms with Gasteiger partial charge < -0.3 is 4.74 Å². The number of rotatable bonds is 14. The first kappa shape index (κ1) is 19.9. The third-order valence-electron chi connectivity index (χ3n) is 6.10. The average Bonchev–Trinajstić information content (AvgIpc) is 3.33. The van der Waals surface area contributed by atoms with E-state index < -0.39 is 0 Å². The van der Waals surface area contributed by atoms with Crippen molar-refractivity contribution in [1.29, 1.82) is 0 Å². The molecule has 2 aliphatic carbocycles. The number of allylic oxidation sites excluding steroid dienone is 2. The third-order valence-corrected chi connectivity index (χ3v) is 6.10. The van der Waals surface area contributed by atoms with E-state index in [1.807, 2.05) is 0 Å². The summed E-state index contributed by atoms with van der Waals surface area (Å²) >= 11 is 0. The van der Waals surface area contributed by atoms with Crippen molar-refractivity contribution >= 4 is 0 Å². The van der Waals surface area contributed by atoms with Crippen molar-refractivity contribution in [2.45, 2.75) is 117 Å². The van der Waals surface area contributed by atoms with Gasteiger partial charge in [0.05, 0.1) is 12.4 Å². The predicted octanol–water partition coefficient (Wildman–Crippen LogP) is 7.80. The summed E-state index contributed by atoms with van der Waals surface area (Å²) in [7, 11) is 0. The van der Waals surface area contributed by atoms with Crippen LogP contribution in [-0.2, 0) is 4.74 Å². The van der Waals surface area contributed by atoms with E-state index in [-0.39, 0.29) is 0 Å². The Hall–Kier alpha value is -0.460. The zero-order valence-electron chi connectivity index (χ0n) is 16.6. The van der Waals surface area contributed by atoms with Gasteiger partial charge in [-0.25, -0.2) is 0 Å². The molecule has 2 rings (SSSR count). The van der Waals surface area contributed by atoms with Gasteiger partial charge in [0.25, 0.3) is 0 Å². The topological polar surface area (TPSA) is 9.23 Å². The lowest BCUT2D eigenvalue weighted by Crippen LogP contribution is -1.93. The van der Waals surface area contributed by atoms with Gasteiger partial charge in [-0.1, -0.05) is 84.0 Å². The molecule has 2 fully saturated rings. The van der Waals surface area contributed by atoms with Crippen LogP contribution in [0.25, 0.3) is 0 Å². The molecule has 2 unspecified atom stereocenters. The minimum absolute atomic E-state index is 0.857. The quantitative estimate of drug-likeness (QED) is 0.232. The molecular weight excluding hydrogens is 292 g/mol. The van der Waals surface area contributed by atoms with Gasteiger partial charge in [-0.3, -0.25) is 0 Å². The fourth-order valence-electron chi connectivity index (χ4n) is 4.66. The Balaban J connectivity index is 1.49. The second-order valence-electron chi connectivity index (χ2n) is 8.09. The summed E-state index contributed by atoms with van der Waals surface area (Å²) in [6, 6.07) is 0. The van der Waals surface area contributed by atoms with Crippen LogP contribution in [0, 0.1) is 11.8 Å². The van der Waals surface area contributed by atoms with E-state index in [2.05, 4.69) is 13.8 Å². The molecule has 0 N–H and O–H groups in total. The second-order valence-corrected chi connectivity index (χ2v) is 8.09. The lowest BCUT2D eigenvalue weighted by molar-refractivity contribution is 0.213. The molecule has 2 atom stereocenters. The van der Waals surface area contributed by atoms with Crippen LogP contribution in [0.15, 0.2) is 11.3 Å². The Morgan fingerprint density at radius 1 is 0.750 bits per heavy atom. The zero-order valence-corrected chi connectivity index (χ0v) is 16.6. The highest BCUT2D eigenvalue weighted by atomic mass is 16.5. The van der Waals surface area contributed by atoms with Gasteiger partial charge in [-0.15, -0.1) is 0 Å². The van der Waals surface area contributed by atoms with Gasteiger partial charge in [0.1, 0.15) is 0 Å². The van der Waals surface area contributed by atoms with E-state index in [0.29, 0.717) is 0 Å². The first-order valence-corrected chi connectivity index (χ1v) is 11.2. The van der Waals surface area contributed by atoms with Crippen LogP contribution in [0.2, 0.25) is 0 Å². The highest BCUT2D eigenvalue weighted by Crippen LogP contribution is 2.57. The molecule has 0 aliphatic heterocycles. The van der Waals surface area contributed by atoms with Gasteiger partial charge in [0.15, 0.2) is 0 Å². The van der Waals surface area contributed by atoms with E-state index in [1.165, 1.54) is 108 Å². The monoisotopic (exact) mass is 334 g/mol. The molecule has 0 aromatic carbocycles. The van der Waals surface area contributed by atoms with E-state index in [1.54, 1.807) is 5.57 Å². The molecular formula is C23H42O. The normalized spacial score (nSPS) is 22.3. The molecule has 1 nitrogen and oxygen atoms in total. The minimum Gasteiger partial charge on any atom is -0.498 e. The van der Waals surface area contributed by atoms with Crippen LogP contribution in [0.4, 0.5) is 0 Å². The van der Waals surface area contributed by atoms with Crippen molar-refractivity contribution in [2.75, 3.05) is 6.61 Å². The lowest BCUT2D eigenvalue weighted by atomic mass is 10.0. The molecule has 0 radical (unpaired) electrons. The molecule has 0 heterocycles. The summed E-state index contributed by atoms with van der Waals surface area (Å²) in [6.45, 7) is 5.30. The van der Waals surface area contributed by atoms with Crippen LogP contribution in [0.5, 0.6) is 0 Å². The van der Waals surface area contributed by atoms with Crippen molar-refractivity contribution in [3.63, 3.8) is 0 Å². The highest BCUT2D eigenvalue weighted by Gasteiger charge is 2.47. The standard InChI is InChI=1S/C23H42O/c1-3-5-6-7-8-9-10-11-12-13-14-19-22(24-4-2)23-20-17-15-16-18-21(20)23/h20-21H,3-19H2,1-2H3. The van der Waals surface area contributed by atoms with E-state index in [9.17, 15) is 0 Å². The molecule has 0 saturated heterocycles. The second kappa shape index (κ2) is 12.0. The van der Waals surface area contributed by atoms with Crippen LogP contribution in [-0.4, -0.2) is 6.61 Å². The number of hydrogen-bond acceptors (Lipinski definition) is 1. The van der Waals surface area contributed by atoms with E-state index >= 15 is 0 Å². The fraction of sp³-hybridized carbons (Fsp3) is 0.913. The SMILES string of the molecule is CCCCCCCCCCCCCC(OCC)=C1C2CCCCC12. The Morgan fingerprint density at radius 3 is 1.75 bits per heavy atom. The van der Waals surface area contributed by atoms with Crippen LogP contribution < -0.4 is 0 Å². The highest BCUT2D eigenvalue weighted by molar-refractivity contribution is 5.33. The largest absolute Gasteiger partial charge is 0.498 e. The molecule has 0 spiro atoms. The molecule has 0 aromatic rings. The number of ether oxygens (including phenoxy) is 1. The molecule has 2 saturated carbocycles. The number of unbranched alkanes of at least 4 members (excludes halogenated alkanes) is 10. The number of hydrogen-bond donors (Lipinski definition) is 0. The average molecular weight is 335 g/mol. The first-order chi connectivity index (χ1) is 11.9. The third kappa shape index (κ3) is 6.81. The Kier molecular flexibility index (Phi) is 9.92. The number of fused-ring (bicyclic) bond motifs is 1. The minimum atomic E-state index is 0.857. The smallest absolute Gasteiger partial charge is 0.0957 e. The van der Waals surface area contributed by atoms with Gasteiger partial charge in [-0.05, 0) is 43.6 Å². The summed E-state index contributed by atoms with van der Waals surface area (Å²) in [5.74, 6) is 3.26. The molecule has 2 aliphatic rings. The van der Waals surface area contributed by atoms with Crippen molar-refractivity contribution in [3.8, 4) is 0 Å². The first-order valence-electron chi connectivity index (χ1n) is 11.2. The van der Waals surface area contributed by atoms with Crippen molar-refractivity contribution < 1.29 is 4.74 Å². The lowest BCUT2D eigenvalue weighted by Gasteiger charge is -2.09. The maximum Gasteiger partial charge on any atom is 0.0957 e. The van der Waals surface area contributed by atoms with Crippen molar-refractivity contribution in [2.24, 2.45) is 11.8 Å². The van der Waals surface area contributed by atoms with Crippen molar-refractivity contribution in [1.82, 2.24) is 0 Å². The van der Waals surface area contributed by atoms with Gasteiger partial charge in [-0.2, -0.15) is 0 Å². The van der Waals surface area contributed by atoms with E-state index in [4.69, 9.17) is 4.74 Å². The Morgan fingerprint density at radius 2 is 1.25 bits per heavy atom. The Labute approximate surface area is 151 Å². The maximum atomic E-state index is 6.03. The molecule has 0 bridgehead atoms. The molecule has 0 amide bonds. The molecule has 140 valence electrons. The van der Waals surface area contributed by atoms with Crippen LogP contribution in [0.1, 0.15) is 117 Å². The van der Waals surface area contributed by atoms with Gasteiger partial charge in [0.2, 0.25) is 0 Å². The van der Waals surface area contributed by atoms with Gasteiger partial charge >= 0.3 is 0 Å². The van der Waals surface area contributed by atoms with Crippen LogP contribution in [0.3, 0.4) is 0 Å². The van der Waals surface area contributed by atoms with E-state index in [0.717, 1.165) is 18.4 Å². The predicted molar refractivity (Wildman–Crippen MR) is 105 cm³/mol. The summed E-state index contributed by atoms with van der Waals surface area (Å²) in [5, 5.41) is 0.